The van der Waals surface area contributed by atoms with Crippen LogP contribution in [0.1, 0.15) is 21.5 Å². The van der Waals surface area contributed by atoms with Gasteiger partial charge in [-0.15, -0.1) is 0 Å². The highest BCUT2D eigenvalue weighted by Crippen LogP contribution is 2.30. The Morgan fingerprint density at radius 2 is 1.48 bits per heavy atom. The summed E-state index contributed by atoms with van der Waals surface area (Å²) in [6, 6.07) is 15.9. The van der Waals surface area contributed by atoms with E-state index < -0.39 is 17.4 Å². The van der Waals surface area contributed by atoms with Gasteiger partial charge in [-0.05, 0) is 23.3 Å². The van der Waals surface area contributed by atoms with Crippen LogP contribution in [0.5, 0.6) is 0 Å². The molecule has 0 saturated heterocycles. The topological polar surface area (TPSA) is 95.5 Å². The van der Waals surface area contributed by atoms with Crippen molar-refractivity contribution in [2.24, 2.45) is 0 Å². The van der Waals surface area contributed by atoms with Crippen LogP contribution < -0.4 is 10.6 Å². The van der Waals surface area contributed by atoms with Crippen molar-refractivity contribution in [3.05, 3.63) is 71.3 Å². The highest BCUT2D eigenvalue weighted by Gasteiger charge is 2.45. The zero-order valence-corrected chi connectivity index (χ0v) is 13.5. The van der Waals surface area contributed by atoms with Crippen molar-refractivity contribution in [3.63, 3.8) is 0 Å². The monoisotopic (exact) mass is 338 g/mol. The Hall–Kier alpha value is -3.15. The van der Waals surface area contributed by atoms with Crippen LogP contribution in [0, 0.1) is 0 Å². The summed E-state index contributed by atoms with van der Waals surface area (Å²) in [7, 11) is 0. The first-order valence-electron chi connectivity index (χ1n) is 7.95. The minimum absolute atomic E-state index is 0.233. The van der Waals surface area contributed by atoms with Gasteiger partial charge >= 0.3 is 5.97 Å². The first kappa shape index (κ1) is 16.7. The third kappa shape index (κ3) is 3.52. The number of hydrogen-bond acceptors (Lipinski definition) is 3. The molecule has 25 heavy (non-hydrogen) atoms. The number of fused-ring (bicyclic) bond motifs is 1. The zero-order valence-electron chi connectivity index (χ0n) is 13.5. The van der Waals surface area contributed by atoms with Crippen LogP contribution in [0.2, 0.25) is 0 Å². The minimum Gasteiger partial charge on any atom is -0.479 e. The van der Waals surface area contributed by atoms with E-state index in [4.69, 9.17) is 0 Å². The second-order valence-corrected chi connectivity index (χ2v) is 6.11. The summed E-state index contributed by atoms with van der Waals surface area (Å²) in [4.78, 5) is 36.0. The predicted molar refractivity (Wildman–Crippen MR) is 91.1 cm³/mol. The third-order valence-electron chi connectivity index (χ3n) is 4.34. The number of nitrogens with one attached hydrogen (secondary N) is 2. The average Bonchev–Trinajstić information content (AvgIpc) is 3.00. The lowest BCUT2D eigenvalue weighted by Crippen LogP contribution is -2.57. The molecule has 1 aliphatic carbocycles. The zero-order chi connectivity index (χ0) is 17.9. The molecule has 128 valence electrons. The molecule has 1 aliphatic rings. The predicted octanol–water partition coefficient (Wildman–Crippen LogP) is 1.15. The van der Waals surface area contributed by atoms with E-state index in [2.05, 4.69) is 10.6 Å². The molecule has 0 aromatic heterocycles. The molecule has 2 aromatic carbocycles. The number of carbonyl (C=O) groups excluding carboxylic acids is 2. The summed E-state index contributed by atoms with van der Waals surface area (Å²) in [5.41, 5.74) is 0.909. The Morgan fingerprint density at radius 3 is 2.04 bits per heavy atom. The highest BCUT2D eigenvalue weighted by molar-refractivity contribution is 5.97. The molecule has 3 N–H and O–H groups in total. The van der Waals surface area contributed by atoms with Gasteiger partial charge in [0.15, 0.2) is 0 Å². The number of rotatable bonds is 5. The quantitative estimate of drug-likeness (QED) is 0.762. The maximum Gasteiger partial charge on any atom is 0.330 e. The first-order valence-corrected chi connectivity index (χ1v) is 7.95. The molecule has 3 rings (SSSR count). The van der Waals surface area contributed by atoms with Crippen molar-refractivity contribution < 1.29 is 19.5 Å². The van der Waals surface area contributed by atoms with Gasteiger partial charge < -0.3 is 15.7 Å². The van der Waals surface area contributed by atoms with Crippen LogP contribution in [-0.2, 0) is 22.4 Å². The van der Waals surface area contributed by atoms with Gasteiger partial charge in [0.1, 0.15) is 5.54 Å². The van der Waals surface area contributed by atoms with E-state index in [0.717, 1.165) is 11.1 Å². The molecular formula is C19H18N2O4. The molecule has 0 atom stereocenters. The maximum atomic E-state index is 12.2. The Kier molecular flexibility index (Phi) is 4.52. The molecule has 0 unspecified atom stereocenters. The number of carboxylic acids is 1. The molecule has 0 radical (unpaired) electrons. The molecular weight excluding hydrogens is 320 g/mol. The SMILES string of the molecule is O=C(CNC(=O)c1ccccc1)NC1(C(=O)O)Cc2ccccc2C1. The van der Waals surface area contributed by atoms with Gasteiger partial charge in [-0.3, -0.25) is 9.59 Å². The van der Waals surface area contributed by atoms with Gasteiger partial charge in [-0.2, -0.15) is 0 Å². The summed E-state index contributed by atoms with van der Waals surface area (Å²) < 4.78 is 0. The lowest BCUT2D eigenvalue weighted by atomic mass is 9.95. The van der Waals surface area contributed by atoms with Gasteiger partial charge in [-0.1, -0.05) is 42.5 Å². The maximum absolute atomic E-state index is 12.2. The van der Waals surface area contributed by atoms with Crippen LogP contribution in [0.4, 0.5) is 0 Å². The van der Waals surface area contributed by atoms with Crippen molar-refractivity contribution in [2.45, 2.75) is 18.4 Å². The van der Waals surface area contributed by atoms with Gasteiger partial charge in [0.2, 0.25) is 5.91 Å². The van der Waals surface area contributed by atoms with E-state index in [1.165, 1.54) is 0 Å². The fourth-order valence-electron chi connectivity index (χ4n) is 3.07. The van der Waals surface area contributed by atoms with E-state index in [1.54, 1.807) is 30.3 Å². The fourth-order valence-corrected chi connectivity index (χ4v) is 3.07. The molecule has 6 heteroatoms. The number of hydrogen-bond donors (Lipinski definition) is 3. The molecule has 0 bridgehead atoms. The summed E-state index contributed by atoms with van der Waals surface area (Å²) in [5, 5.41) is 14.7. The van der Waals surface area contributed by atoms with E-state index in [0.29, 0.717) is 5.56 Å². The van der Waals surface area contributed by atoms with Crippen LogP contribution in [0.15, 0.2) is 54.6 Å². The highest BCUT2D eigenvalue weighted by atomic mass is 16.4. The summed E-state index contributed by atoms with van der Waals surface area (Å²) in [5.74, 6) is -1.99. The number of carbonyl (C=O) groups is 3. The minimum atomic E-state index is -1.36. The smallest absolute Gasteiger partial charge is 0.330 e. The standard InChI is InChI=1S/C19H18N2O4/c22-16(12-20-17(23)13-6-2-1-3-7-13)21-19(18(24)25)10-14-8-4-5-9-15(14)11-19/h1-9H,10-12H2,(H,20,23)(H,21,22)(H,24,25). The Morgan fingerprint density at radius 1 is 0.920 bits per heavy atom. The summed E-state index contributed by atoms with van der Waals surface area (Å²) in [6.45, 7) is -0.279. The second kappa shape index (κ2) is 6.76. The first-order chi connectivity index (χ1) is 12.0. The van der Waals surface area contributed by atoms with Gasteiger partial charge in [0.05, 0.1) is 6.54 Å². The van der Waals surface area contributed by atoms with Gasteiger partial charge in [-0.25, -0.2) is 4.79 Å². The number of amides is 2. The number of aliphatic carboxylic acids is 1. The molecule has 0 aliphatic heterocycles. The lowest BCUT2D eigenvalue weighted by molar-refractivity contribution is -0.147. The van der Waals surface area contributed by atoms with E-state index in [1.807, 2.05) is 24.3 Å². The Labute approximate surface area is 144 Å². The molecule has 0 heterocycles. The fraction of sp³-hybridized carbons (Fsp3) is 0.211. The average molecular weight is 338 g/mol. The van der Waals surface area contributed by atoms with Gasteiger partial charge in [0, 0.05) is 18.4 Å². The Balaban J connectivity index is 1.63. The van der Waals surface area contributed by atoms with Gasteiger partial charge in [0.25, 0.3) is 5.91 Å². The second-order valence-electron chi connectivity index (χ2n) is 6.11. The van der Waals surface area contributed by atoms with Crippen molar-refractivity contribution >= 4 is 17.8 Å². The Bertz CT molecular complexity index is 792. The molecule has 2 amide bonds. The molecule has 0 spiro atoms. The summed E-state index contributed by atoms with van der Waals surface area (Å²) in [6.07, 6.45) is 0.466. The number of benzene rings is 2. The largest absolute Gasteiger partial charge is 0.479 e. The van der Waals surface area contributed by atoms with Crippen LogP contribution in [0.3, 0.4) is 0 Å². The van der Waals surface area contributed by atoms with E-state index in [-0.39, 0.29) is 25.3 Å². The van der Waals surface area contributed by atoms with Crippen molar-refractivity contribution in [2.75, 3.05) is 6.54 Å². The van der Waals surface area contributed by atoms with Crippen LogP contribution >= 0.6 is 0 Å². The molecule has 2 aromatic rings. The van der Waals surface area contributed by atoms with Crippen molar-refractivity contribution in [3.8, 4) is 0 Å². The molecule has 0 saturated carbocycles. The van der Waals surface area contributed by atoms with E-state index in [9.17, 15) is 19.5 Å². The van der Waals surface area contributed by atoms with Crippen molar-refractivity contribution in [1.82, 2.24) is 10.6 Å². The normalized spacial score (nSPS) is 14.4. The van der Waals surface area contributed by atoms with Crippen LogP contribution in [0.25, 0.3) is 0 Å². The van der Waals surface area contributed by atoms with Crippen LogP contribution in [-0.4, -0.2) is 35.0 Å². The lowest BCUT2D eigenvalue weighted by Gasteiger charge is -2.25. The summed E-state index contributed by atoms with van der Waals surface area (Å²) >= 11 is 0. The molecule has 0 fully saturated rings. The molecule has 6 nitrogen and oxygen atoms in total. The number of carboxylic acid groups (broad SMARTS) is 1. The third-order valence-corrected chi connectivity index (χ3v) is 4.34. The van der Waals surface area contributed by atoms with E-state index >= 15 is 0 Å². The van der Waals surface area contributed by atoms with Crippen molar-refractivity contribution in [1.29, 1.82) is 0 Å².